The van der Waals surface area contributed by atoms with E-state index < -0.39 is 0 Å². The van der Waals surface area contributed by atoms with Gasteiger partial charge in [0.15, 0.2) is 6.61 Å². The van der Waals surface area contributed by atoms with Crippen molar-refractivity contribution in [3.8, 4) is 5.75 Å². The van der Waals surface area contributed by atoms with Crippen molar-refractivity contribution in [3.05, 3.63) is 88.9 Å². The van der Waals surface area contributed by atoms with Crippen LogP contribution in [0.4, 0.5) is 11.4 Å². The van der Waals surface area contributed by atoms with Gasteiger partial charge in [0.05, 0.1) is 0 Å². The van der Waals surface area contributed by atoms with Crippen LogP contribution in [0.3, 0.4) is 0 Å². The summed E-state index contributed by atoms with van der Waals surface area (Å²) in [4.78, 5) is 24.6. The van der Waals surface area contributed by atoms with E-state index in [9.17, 15) is 9.59 Å². The van der Waals surface area contributed by atoms with Crippen LogP contribution in [0.2, 0.25) is 5.02 Å². The number of anilines is 2. The van der Waals surface area contributed by atoms with Crippen molar-refractivity contribution >= 4 is 34.8 Å². The average molecular weight is 395 g/mol. The lowest BCUT2D eigenvalue weighted by Gasteiger charge is -2.14. The van der Waals surface area contributed by atoms with Gasteiger partial charge in [0, 0.05) is 22.0 Å². The molecular weight excluding hydrogens is 376 g/mol. The molecule has 5 nitrogen and oxygen atoms in total. The van der Waals surface area contributed by atoms with Crippen molar-refractivity contribution < 1.29 is 14.3 Å². The molecule has 0 atom stereocenters. The van der Waals surface area contributed by atoms with Gasteiger partial charge in [-0.05, 0) is 61.0 Å². The Morgan fingerprint density at radius 3 is 2.18 bits per heavy atom. The number of benzene rings is 3. The van der Waals surface area contributed by atoms with E-state index in [2.05, 4.69) is 10.6 Å². The highest BCUT2D eigenvalue weighted by Gasteiger charge is 2.11. The molecule has 0 saturated carbocycles. The molecule has 2 amide bonds. The second-order valence-electron chi connectivity index (χ2n) is 6.09. The molecule has 3 rings (SSSR count). The van der Waals surface area contributed by atoms with Crippen LogP contribution < -0.4 is 15.4 Å². The summed E-state index contributed by atoms with van der Waals surface area (Å²) in [5, 5.41) is 6.27. The SMILES string of the molecule is Cc1c(NC(=O)COc2ccc(Cl)cc2)cccc1NC(=O)c1ccccc1. The van der Waals surface area contributed by atoms with Crippen molar-refractivity contribution in [2.24, 2.45) is 0 Å². The Kier molecular flexibility index (Phi) is 6.29. The Balaban J connectivity index is 1.62. The number of rotatable bonds is 6. The third kappa shape index (κ3) is 5.11. The number of carbonyl (C=O) groups is 2. The molecule has 0 aliphatic heterocycles. The molecule has 3 aromatic rings. The summed E-state index contributed by atoms with van der Waals surface area (Å²) in [7, 11) is 0. The molecule has 0 aliphatic carbocycles. The van der Waals surface area contributed by atoms with Crippen LogP contribution >= 0.6 is 11.6 Å². The number of amides is 2. The topological polar surface area (TPSA) is 67.4 Å². The molecule has 0 heterocycles. The van der Waals surface area contributed by atoms with Gasteiger partial charge in [-0.15, -0.1) is 0 Å². The Bertz CT molecular complexity index is 973. The predicted molar refractivity (Wildman–Crippen MR) is 111 cm³/mol. The monoisotopic (exact) mass is 394 g/mol. The van der Waals surface area contributed by atoms with Gasteiger partial charge in [-0.2, -0.15) is 0 Å². The van der Waals surface area contributed by atoms with Crippen LogP contribution in [-0.4, -0.2) is 18.4 Å². The first kappa shape index (κ1) is 19.5. The summed E-state index contributed by atoms with van der Waals surface area (Å²) in [5.41, 5.74) is 2.56. The zero-order valence-electron chi connectivity index (χ0n) is 15.2. The maximum atomic E-state index is 12.4. The summed E-state index contributed by atoms with van der Waals surface area (Å²) in [6.45, 7) is 1.69. The Hall–Kier alpha value is -3.31. The van der Waals surface area contributed by atoms with Crippen LogP contribution in [0.15, 0.2) is 72.8 Å². The van der Waals surface area contributed by atoms with Gasteiger partial charge in [-0.1, -0.05) is 35.9 Å². The number of nitrogens with one attached hydrogen (secondary N) is 2. The largest absolute Gasteiger partial charge is 0.484 e. The van der Waals surface area contributed by atoms with Crippen molar-refractivity contribution in [2.75, 3.05) is 17.2 Å². The molecule has 2 N–H and O–H groups in total. The maximum Gasteiger partial charge on any atom is 0.262 e. The number of hydrogen-bond donors (Lipinski definition) is 2. The van der Waals surface area contributed by atoms with E-state index in [0.717, 1.165) is 5.56 Å². The Labute approximate surface area is 168 Å². The molecule has 0 unspecified atom stereocenters. The number of hydrogen-bond acceptors (Lipinski definition) is 3. The minimum atomic E-state index is -0.301. The molecule has 0 spiro atoms. The molecular formula is C22H19ClN2O3. The van der Waals surface area contributed by atoms with Gasteiger partial charge in [-0.3, -0.25) is 9.59 Å². The summed E-state index contributed by atoms with van der Waals surface area (Å²) in [6.07, 6.45) is 0. The van der Waals surface area contributed by atoms with E-state index in [4.69, 9.17) is 16.3 Å². The smallest absolute Gasteiger partial charge is 0.262 e. The predicted octanol–water partition coefficient (Wildman–Crippen LogP) is 4.92. The highest BCUT2D eigenvalue weighted by atomic mass is 35.5. The lowest BCUT2D eigenvalue weighted by atomic mass is 10.1. The van der Waals surface area contributed by atoms with Crippen LogP contribution in [0.25, 0.3) is 0 Å². The molecule has 0 aromatic heterocycles. The van der Waals surface area contributed by atoms with Gasteiger partial charge in [0.25, 0.3) is 11.8 Å². The minimum absolute atomic E-state index is 0.137. The second kappa shape index (κ2) is 9.06. The molecule has 0 aliphatic rings. The van der Waals surface area contributed by atoms with Crippen molar-refractivity contribution in [1.82, 2.24) is 0 Å². The van der Waals surface area contributed by atoms with Gasteiger partial charge in [0.2, 0.25) is 0 Å². The van der Waals surface area contributed by atoms with Crippen molar-refractivity contribution in [1.29, 1.82) is 0 Å². The molecule has 0 fully saturated rings. The molecule has 3 aromatic carbocycles. The van der Waals surface area contributed by atoms with Gasteiger partial charge in [0.1, 0.15) is 5.75 Å². The third-order valence-electron chi connectivity index (χ3n) is 4.08. The Morgan fingerprint density at radius 1 is 0.857 bits per heavy atom. The van der Waals surface area contributed by atoms with E-state index in [1.807, 2.05) is 13.0 Å². The van der Waals surface area contributed by atoms with Crippen LogP contribution in [-0.2, 0) is 4.79 Å². The highest BCUT2D eigenvalue weighted by Crippen LogP contribution is 2.24. The normalized spacial score (nSPS) is 10.2. The lowest BCUT2D eigenvalue weighted by molar-refractivity contribution is -0.118. The van der Waals surface area contributed by atoms with Gasteiger partial charge < -0.3 is 15.4 Å². The summed E-state index contributed by atoms with van der Waals surface area (Å²) in [6, 6.07) is 21.0. The highest BCUT2D eigenvalue weighted by molar-refractivity contribution is 6.30. The van der Waals surface area contributed by atoms with Gasteiger partial charge in [-0.25, -0.2) is 0 Å². The summed E-state index contributed by atoms with van der Waals surface area (Å²) in [5.74, 6) is 0.0444. The van der Waals surface area contributed by atoms with Crippen molar-refractivity contribution in [2.45, 2.75) is 6.92 Å². The lowest BCUT2D eigenvalue weighted by Crippen LogP contribution is -2.21. The maximum absolute atomic E-state index is 12.4. The van der Waals surface area contributed by atoms with E-state index in [1.54, 1.807) is 66.7 Å². The Morgan fingerprint density at radius 2 is 1.50 bits per heavy atom. The van der Waals surface area contributed by atoms with E-state index in [-0.39, 0.29) is 18.4 Å². The van der Waals surface area contributed by atoms with Crippen LogP contribution in [0.1, 0.15) is 15.9 Å². The molecule has 28 heavy (non-hydrogen) atoms. The zero-order valence-corrected chi connectivity index (χ0v) is 16.0. The fourth-order valence-corrected chi connectivity index (χ4v) is 2.68. The summed E-state index contributed by atoms with van der Waals surface area (Å²) < 4.78 is 5.45. The van der Waals surface area contributed by atoms with Crippen LogP contribution in [0, 0.1) is 6.92 Å². The van der Waals surface area contributed by atoms with Gasteiger partial charge >= 0.3 is 0 Å². The van der Waals surface area contributed by atoms with E-state index >= 15 is 0 Å². The molecule has 142 valence electrons. The number of carbonyl (C=O) groups excluding carboxylic acids is 2. The standard InChI is InChI=1S/C22H19ClN2O3/c1-15-19(24-21(26)14-28-18-12-10-17(23)11-13-18)8-5-9-20(15)25-22(27)16-6-3-2-4-7-16/h2-13H,14H2,1H3,(H,24,26)(H,25,27). The quantitative estimate of drug-likeness (QED) is 0.623. The van der Waals surface area contributed by atoms with Crippen molar-refractivity contribution in [3.63, 3.8) is 0 Å². The van der Waals surface area contributed by atoms with E-state index in [0.29, 0.717) is 27.7 Å². The van der Waals surface area contributed by atoms with E-state index in [1.165, 1.54) is 0 Å². The number of halogens is 1. The average Bonchev–Trinajstić information content (AvgIpc) is 2.71. The zero-order chi connectivity index (χ0) is 19.9. The molecule has 0 saturated heterocycles. The first-order valence-corrected chi connectivity index (χ1v) is 9.05. The minimum Gasteiger partial charge on any atom is -0.484 e. The molecule has 6 heteroatoms. The first-order valence-electron chi connectivity index (χ1n) is 8.67. The third-order valence-corrected chi connectivity index (χ3v) is 4.33. The second-order valence-corrected chi connectivity index (χ2v) is 6.53. The summed E-state index contributed by atoms with van der Waals surface area (Å²) >= 11 is 5.82. The molecule has 0 radical (unpaired) electrons. The van der Waals surface area contributed by atoms with Crippen LogP contribution in [0.5, 0.6) is 5.75 Å². The molecule has 0 bridgehead atoms. The fraction of sp³-hybridized carbons (Fsp3) is 0.0909. The fourth-order valence-electron chi connectivity index (χ4n) is 2.56. The first-order chi connectivity index (χ1) is 13.5. The number of ether oxygens (including phenoxy) is 1.